The lowest BCUT2D eigenvalue weighted by atomic mass is 9.84. The molecular weight excluding hydrogens is 242 g/mol. The predicted molar refractivity (Wildman–Crippen MR) is 74.9 cm³/mol. The minimum absolute atomic E-state index is 0.0761. The maximum Gasteiger partial charge on any atom is 0.110 e. The van der Waals surface area contributed by atoms with Gasteiger partial charge in [0.2, 0.25) is 0 Å². The third-order valence-corrected chi connectivity index (χ3v) is 4.76. The standard InChI is InChI=1S/C14H19N3S/c1-9-11(7-15)10-6-14(2,3)16(4)8-12(10)13(18)17(9)5/h6,8H2,1-5H3. The van der Waals surface area contributed by atoms with Gasteiger partial charge in [-0.05, 0) is 39.8 Å². The van der Waals surface area contributed by atoms with Crippen LogP contribution in [-0.4, -0.2) is 22.1 Å². The van der Waals surface area contributed by atoms with Crippen LogP contribution in [0.25, 0.3) is 0 Å². The van der Waals surface area contributed by atoms with Crippen LogP contribution in [0, 0.1) is 22.9 Å². The van der Waals surface area contributed by atoms with Crippen LogP contribution in [-0.2, 0) is 20.0 Å². The van der Waals surface area contributed by atoms with Crippen LogP contribution in [0.1, 0.15) is 36.2 Å². The van der Waals surface area contributed by atoms with Gasteiger partial charge >= 0.3 is 0 Å². The molecule has 96 valence electrons. The van der Waals surface area contributed by atoms with E-state index in [1.165, 1.54) is 0 Å². The summed E-state index contributed by atoms with van der Waals surface area (Å²) in [7, 11) is 4.06. The Hall–Kier alpha value is -1.18. The van der Waals surface area contributed by atoms with E-state index in [1.807, 2.05) is 18.5 Å². The van der Waals surface area contributed by atoms with Gasteiger partial charge < -0.3 is 4.57 Å². The first kappa shape index (κ1) is 13.3. The second-order valence-electron chi connectivity index (χ2n) is 5.74. The highest BCUT2D eigenvalue weighted by Crippen LogP contribution is 2.33. The SMILES string of the molecule is Cc1c(C#N)c2c(c(=S)n1C)CN(C)C(C)(C)C2. The zero-order valence-corrected chi connectivity index (χ0v) is 12.5. The molecule has 0 aromatic carbocycles. The van der Waals surface area contributed by atoms with Crippen LogP contribution in [0.3, 0.4) is 0 Å². The van der Waals surface area contributed by atoms with Crippen LogP contribution in [0.5, 0.6) is 0 Å². The van der Waals surface area contributed by atoms with Crippen LogP contribution in [0.15, 0.2) is 0 Å². The van der Waals surface area contributed by atoms with Crippen LogP contribution < -0.4 is 0 Å². The lowest BCUT2D eigenvalue weighted by Crippen LogP contribution is -2.46. The Morgan fingerprint density at radius 1 is 1.28 bits per heavy atom. The molecule has 0 amide bonds. The molecule has 0 saturated carbocycles. The molecule has 0 fully saturated rings. The molecule has 1 aromatic rings. The van der Waals surface area contributed by atoms with Gasteiger partial charge in [-0.15, -0.1) is 0 Å². The fourth-order valence-electron chi connectivity index (χ4n) is 2.55. The molecule has 0 atom stereocenters. The Kier molecular flexibility index (Phi) is 3.08. The number of rotatable bonds is 0. The monoisotopic (exact) mass is 261 g/mol. The lowest BCUT2D eigenvalue weighted by Gasteiger charge is -2.41. The average Bonchev–Trinajstić information content (AvgIpc) is 2.30. The van der Waals surface area contributed by atoms with Crippen molar-refractivity contribution >= 4 is 12.2 Å². The average molecular weight is 261 g/mol. The third-order valence-electron chi connectivity index (χ3n) is 4.24. The molecular formula is C14H19N3S. The van der Waals surface area contributed by atoms with Crippen molar-refractivity contribution in [2.45, 2.75) is 39.3 Å². The number of likely N-dealkylation sites (N-methyl/N-ethyl adjacent to an activating group) is 1. The Labute approximate surface area is 114 Å². The highest BCUT2D eigenvalue weighted by atomic mass is 32.1. The number of hydrogen-bond acceptors (Lipinski definition) is 3. The van der Waals surface area contributed by atoms with Gasteiger partial charge in [0.05, 0.1) is 5.56 Å². The van der Waals surface area contributed by atoms with Crippen LogP contribution >= 0.6 is 12.2 Å². The zero-order chi connectivity index (χ0) is 13.7. The smallest absolute Gasteiger partial charge is 0.110 e. The van der Waals surface area contributed by atoms with Gasteiger partial charge in [-0.1, -0.05) is 12.2 Å². The molecule has 0 radical (unpaired) electrons. The predicted octanol–water partition coefficient (Wildman–Crippen LogP) is 2.70. The molecule has 0 unspecified atom stereocenters. The molecule has 1 aliphatic rings. The Bertz CT molecular complexity index is 605. The summed E-state index contributed by atoms with van der Waals surface area (Å²) in [5.74, 6) is 0. The van der Waals surface area contributed by atoms with E-state index in [1.54, 1.807) is 0 Å². The molecule has 2 heterocycles. The molecule has 2 rings (SSSR count). The van der Waals surface area contributed by atoms with Crippen LogP contribution in [0.4, 0.5) is 0 Å². The van der Waals surface area contributed by atoms with Crippen molar-refractivity contribution in [3.63, 3.8) is 0 Å². The lowest BCUT2D eigenvalue weighted by molar-refractivity contribution is 0.132. The first-order chi connectivity index (χ1) is 8.29. The summed E-state index contributed by atoms with van der Waals surface area (Å²) in [5.41, 5.74) is 4.16. The van der Waals surface area contributed by atoms with E-state index < -0.39 is 0 Å². The summed E-state index contributed by atoms with van der Waals surface area (Å²) < 4.78 is 2.82. The van der Waals surface area contributed by atoms with Gasteiger partial charge in [-0.25, -0.2) is 0 Å². The van der Waals surface area contributed by atoms with Crippen molar-refractivity contribution in [2.24, 2.45) is 7.05 Å². The first-order valence-electron chi connectivity index (χ1n) is 6.12. The van der Waals surface area contributed by atoms with Gasteiger partial charge in [-0.2, -0.15) is 5.26 Å². The van der Waals surface area contributed by atoms with E-state index >= 15 is 0 Å². The Morgan fingerprint density at radius 3 is 2.44 bits per heavy atom. The van der Waals surface area contributed by atoms with Gasteiger partial charge in [0.1, 0.15) is 10.7 Å². The normalized spacial score (nSPS) is 18.2. The van der Waals surface area contributed by atoms with Gasteiger partial charge in [0.15, 0.2) is 0 Å². The van der Waals surface area contributed by atoms with E-state index in [-0.39, 0.29) is 5.54 Å². The van der Waals surface area contributed by atoms with Gasteiger partial charge in [-0.3, -0.25) is 4.90 Å². The maximum absolute atomic E-state index is 9.41. The zero-order valence-electron chi connectivity index (χ0n) is 11.7. The molecule has 1 aliphatic heterocycles. The highest BCUT2D eigenvalue weighted by Gasteiger charge is 2.33. The molecule has 4 heteroatoms. The van der Waals surface area contributed by atoms with E-state index in [9.17, 15) is 5.26 Å². The minimum Gasteiger partial charge on any atom is -0.338 e. The molecule has 0 saturated heterocycles. The number of nitriles is 1. The van der Waals surface area contributed by atoms with Crippen molar-refractivity contribution in [1.82, 2.24) is 9.47 Å². The van der Waals surface area contributed by atoms with Crippen LogP contribution in [0.2, 0.25) is 0 Å². The quantitative estimate of drug-likeness (QED) is 0.673. The molecule has 0 N–H and O–H groups in total. The summed E-state index contributed by atoms with van der Waals surface area (Å²) in [6, 6.07) is 2.36. The van der Waals surface area contributed by atoms with Crippen molar-refractivity contribution in [1.29, 1.82) is 5.26 Å². The van der Waals surface area contributed by atoms with Crippen molar-refractivity contribution in [3.05, 3.63) is 27.0 Å². The second-order valence-corrected chi connectivity index (χ2v) is 6.13. The van der Waals surface area contributed by atoms with Crippen molar-refractivity contribution < 1.29 is 0 Å². The van der Waals surface area contributed by atoms with Crippen molar-refractivity contribution in [2.75, 3.05) is 7.05 Å². The molecule has 18 heavy (non-hydrogen) atoms. The highest BCUT2D eigenvalue weighted by molar-refractivity contribution is 7.71. The number of pyridine rings is 1. The number of hydrogen-bond donors (Lipinski definition) is 0. The minimum atomic E-state index is 0.0761. The summed E-state index contributed by atoms with van der Waals surface area (Å²) in [4.78, 5) is 2.31. The first-order valence-corrected chi connectivity index (χ1v) is 6.53. The molecule has 1 aromatic heterocycles. The fraction of sp³-hybridized carbons (Fsp3) is 0.571. The largest absolute Gasteiger partial charge is 0.338 e. The number of aromatic nitrogens is 1. The summed E-state index contributed by atoms with van der Waals surface area (Å²) >= 11 is 5.53. The molecule has 0 spiro atoms. The van der Waals surface area contributed by atoms with E-state index in [4.69, 9.17) is 12.2 Å². The fourth-order valence-corrected chi connectivity index (χ4v) is 2.87. The summed E-state index contributed by atoms with van der Waals surface area (Å²) in [5, 5.41) is 9.41. The maximum atomic E-state index is 9.41. The number of fused-ring (bicyclic) bond motifs is 1. The van der Waals surface area contributed by atoms with Gasteiger partial charge in [0, 0.05) is 30.4 Å². The molecule has 0 bridgehead atoms. The Balaban J connectivity index is 2.79. The third kappa shape index (κ3) is 1.79. The topological polar surface area (TPSA) is 32.0 Å². The second kappa shape index (κ2) is 4.18. The van der Waals surface area contributed by atoms with Gasteiger partial charge in [0.25, 0.3) is 0 Å². The number of nitrogens with zero attached hydrogens (tertiary/aromatic N) is 3. The molecule has 3 nitrogen and oxygen atoms in total. The molecule has 0 aliphatic carbocycles. The van der Waals surface area contributed by atoms with E-state index in [0.29, 0.717) is 0 Å². The summed E-state index contributed by atoms with van der Waals surface area (Å²) in [6.07, 6.45) is 0.882. The van der Waals surface area contributed by atoms with E-state index in [2.05, 4.69) is 31.9 Å². The van der Waals surface area contributed by atoms with E-state index in [0.717, 1.165) is 40.0 Å². The Morgan fingerprint density at radius 2 is 1.89 bits per heavy atom. The van der Waals surface area contributed by atoms with Crippen molar-refractivity contribution in [3.8, 4) is 6.07 Å². The summed E-state index contributed by atoms with van der Waals surface area (Å²) in [6.45, 7) is 7.22.